The normalized spacial score (nSPS) is 26.3. The van der Waals surface area contributed by atoms with Gasteiger partial charge in [-0.05, 0) is 62.6 Å². The van der Waals surface area contributed by atoms with Gasteiger partial charge in [0.1, 0.15) is 0 Å². The molecule has 2 saturated heterocycles. The maximum absolute atomic E-state index is 12.3. The quantitative estimate of drug-likeness (QED) is 0.848. The van der Waals surface area contributed by atoms with Crippen molar-refractivity contribution in [3.05, 3.63) is 0 Å². The molecule has 2 aliphatic heterocycles. The number of amides is 1. The van der Waals surface area contributed by atoms with Crippen LogP contribution in [0.3, 0.4) is 0 Å². The first-order valence-corrected chi connectivity index (χ1v) is 8.66. The van der Waals surface area contributed by atoms with Crippen molar-refractivity contribution in [2.75, 3.05) is 38.2 Å². The molecule has 2 heterocycles. The molecule has 3 nitrogen and oxygen atoms in total. The summed E-state index contributed by atoms with van der Waals surface area (Å²) in [6, 6.07) is 0. The standard InChI is InChI=1S/C14H26N2OS/c1-18-11-13-3-2-8-16(10-13)14(17)9-12-4-6-15-7-5-12/h12-13,15H,2-11H2,1H3. The minimum atomic E-state index is 0.410. The maximum atomic E-state index is 12.3. The maximum Gasteiger partial charge on any atom is 0.222 e. The van der Waals surface area contributed by atoms with Crippen LogP contribution < -0.4 is 5.32 Å². The number of nitrogens with one attached hydrogen (secondary N) is 1. The molecule has 1 atom stereocenters. The fourth-order valence-electron chi connectivity index (χ4n) is 3.13. The van der Waals surface area contributed by atoms with E-state index in [1.807, 2.05) is 11.8 Å². The summed E-state index contributed by atoms with van der Waals surface area (Å²) in [6.07, 6.45) is 7.80. The van der Waals surface area contributed by atoms with Gasteiger partial charge in [0.15, 0.2) is 0 Å². The number of carbonyl (C=O) groups excluding carboxylic acids is 1. The highest BCUT2D eigenvalue weighted by molar-refractivity contribution is 7.98. The van der Waals surface area contributed by atoms with Gasteiger partial charge in [0, 0.05) is 19.5 Å². The molecule has 2 rings (SSSR count). The summed E-state index contributed by atoms with van der Waals surface area (Å²) in [5.74, 6) is 2.97. The van der Waals surface area contributed by atoms with E-state index >= 15 is 0 Å². The van der Waals surface area contributed by atoms with Gasteiger partial charge in [-0.3, -0.25) is 4.79 Å². The molecule has 2 fully saturated rings. The fourth-order valence-corrected chi connectivity index (χ4v) is 3.87. The molecule has 2 aliphatic rings. The number of nitrogens with zero attached hydrogens (tertiary/aromatic N) is 1. The lowest BCUT2D eigenvalue weighted by Crippen LogP contribution is -2.42. The van der Waals surface area contributed by atoms with Crippen LogP contribution in [0.1, 0.15) is 32.1 Å². The first-order chi connectivity index (χ1) is 8.79. The van der Waals surface area contributed by atoms with Crippen molar-refractivity contribution in [2.45, 2.75) is 32.1 Å². The molecule has 0 aromatic rings. The van der Waals surface area contributed by atoms with E-state index in [-0.39, 0.29) is 0 Å². The van der Waals surface area contributed by atoms with Crippen LogP contribution in [0.2, 0.25) is 0 Å². The van der Waals surface area contributed by atoms with E-state index in [9.17, 15) is 4.79 Å². The van der Waals surface area contributed by atoms with Crippen molar-refractivity contribution in [1.29, 1.82) is 0 Å². The van der Waals surface area contributed by atoms with Crippen molar-refractivity contribution in [3.63, 3.8) is 0 Å². The number of piperidine rings is 2. The van der Waals surface area contributed by atoms with E-state index in [1.54, 1.807) is 0 Å². The molecule has 4 heteroatoms. The number of hydrogen-bond acceptors (Lipinski definition) is 3. The zero-order chi connectivity index (χ0) is 12.8. The minimum Gasteiger partial charge on any atom is -0.342 e. The summed E-state index contributed by atoms with van der Waals surface area (Å²) < 4.78 is 0. The van der Waals surface area contributed by atoms with Crippen molar-refractivity contribution in [1.82, 2.24) is 10.2 Å². The summed E-state index contributed by atoms with van der Waals surface area (Å²) in [4.78, 5) is 14.4. The first kappa shape index (κ1) is 14.2. The summed E-state index contributed by atoms with van der Waals surface area (Å²) in [5, 5.41) is 3.36. The van der Waals surface area contributed by atoms with Crippen molar-refractivity contribution >= 4 is 17.7 Å². The van der Waals surface area contributed by atoms with Crippen LogP contribution in [-0.4, -0.2) is 49.0 Å². The summed E-state index contributed by atoms with van der Waals surface area (Å²) in [5.41, 5.74) is 0. The average molecular weight is 270 g/mol. The van der Waals surface area contributed by atoms with E-state index in [4.69, 9.17) is 0 Å². The topological polar surface area (TPSA) is 32.3 Å². The van der Waals surface area contributed by atoms with Crippen molar-refractivity contribution in [2.24, 2.45) is 11.8 Å². The van der Waals surface area contributed by atoms with Gasteiger partial charge in [-0.1, -0.05) is 0 Å². The molecule has 1 N–H and O–H groups in total. The minimum absolute atomic E-state index is 0.410. The Labute approximate surface area is 115 Å². The van der Waals surface area contributed by atoms with Crippen LogP contribution in [-0.2, 0) is 4.79 Å². The van der Waals surface area contributed by atoms with Crippen LogP contribution in [0.4, 0.5) is 0 Å². The predicted molar refractivity (Wildman–Crippen MR) is 77.9 cm³/mol. The molecule has 104 valence electrons. The molecule has 0 aliphatic carbocycles. The second kappa shape index (κ2) is 7.39. The van der Waals surface area contributed by atoms with Gasteiger partial charge in [0.25, 0.3) is 0 Å². The lowest BCUT2D eigenvalue weighted by Gasteiger charge is -2.34. The smallest absolute Gasteiger partial charge is 0.222 e. The van der Waals surface area contributed by atoms with Crippen LogP contribution in [0.25, 0.3) is 0 Å². The van der Waals surface area contributed by atoms with Crippen LogP contribution >= 0.6 is 11.8 Å². The molecule has 0 aromatic carbocycles. The zero-order valence-corrected chi connectivity index (χ0v) is 12.3. The Balaban J connectivity index is 1.76. The average Bonchev–Trinajstić information content (AvgIpc) is 2.40. The summed E-state index contributed by atoms with van der Waals surface area (Å²) in [7, 11) is 0. The largest absolute Gasteiger partial charge is 0.342 e. The van der Waals surface area contributed by atoms with Crippen LogP contribution in [0.5, 0.6) is 0 Å². The highest BCUT2D eigenvalue weighted by Crippen LogP contribution is 2.23. The third-order valence-electron chi connectivity index (χ3n) is 4.20. The molecule has 18 heavy (non-hydrogen) atoms. The Morgan fingerprint density at radius 3 is 2.78 bits per heavy atom. The Morgan fingerprint density at radius 2 is 2.06 bits per heavy atom. The lowest BCUT2D eigenvalue weighted by atomic mass is 9.93. The van der Waals surface area contributed by atoms with Gasteiger partial charge < -0.3 is 10.2 Å². The first-order valence-electron chi connectivity index (χ1n) is 7.27. The Hall–Kier alpha value is -0.220. The molecular formula is C14H26N2OS. The molecule has 0 saturated carbocycles. The van der Waals surface area contributed by atoms with Gasteiger partial charge >= 0.3 is 0 Å². The van der Waals surface area contributed by atoms with Gasteiger partial charge in [0.05, 0.1) is 0 Å². The third kappa shape index (κ3) is 4.16. The summed E-state index contributed by atoms with van der Waals surface area (Å²) in [6.45, 7) is 4.18. The van der Waals surface area contributed by atoms with E-state index < -0.39 is 0 Å². The third-order valence-corrected chi connectivity index (χ3v) is 5.00. The number of thioether (sulfide) groups is 1. The zero-order valence-electron chi connectivity index (χ0n) is 11.5. The lowest BCUT2D eigenvalue weighted by molar-refractivity contribution is -0.134. The van der Waals surface area contributed by atoms with E-state index in [1.165, 1.54) is 31.4 Å². The SMILES string of the molecule is CSCC1CCCN(C(=O)CC2CCNCC2)C1. The molecule has 1 amide bonds. The van der Waals surface area contributed by atoms with Gasteiger partial charge in [0.2, 0.25) is 5.91 Å². The van der Waals surface area contributed by atoms with Gasteiger partial charge in [-0.2, -0.15) is 11.8 Å². The van der Waals surface area contributed by atoms with E-state index in [0.717, 1.165) is 38.5 Å². The van der Waals surface area contributed by atoms with E-state index in [2.05, 4.69) is 16.5 Å². The second-order valence-corrected chi connectivity index (χ2v) is 6.61. The Morgan fingerprint density at radius 1 is 1.28 bits per heavy atom. The van der Waals surface area contributed by atoms with Gasteiger partial charge in [-0.25, -0.2) is 0 Å². The number of hydrogen-bond donors (Lipinski definition) is 1. The molecule has 0 aromatic heterocycles. The number of rotatable bonds is 4. The van der Waals surface area contributed by atoms with Crippen molar-refractivity contribution in [3.8, 4) is 0 Å². The molecule has 0 radical (unpaired) electrons. The number of likely N-dealkylation sites (tertiary alicyclic amines) is 1. The molecule has 1 unspecified atom stereocenters. The van der Waals surface area contributed by atoms with Crippen molar-refractivity contribution < 1.29 is 4.79 Å². The second-order valence-electron chi connectivity index (χ2n) is 5.70. The fraction of sp³-hybridized carbons (Fsp3) is 0.929. The number of carbonyl (C=O) groups is 1. The Kier molecular flexibility index (Phi) is 5.83. The summed E-state index contributed by atoms with van der Waals surface area (Å²) >= 11 is 1.91. The molecule has 0 spiro atoms. The van der Waals surface area contributed by atoms with Crippen LogP contribution in [0, 0.1) is 11.8 Å². The Bertz CT molecular complexity index is 265. The van der Waals surface area contributed by atoms with Gasteiger partial charge in [-0.15, -0.1) is 0 Å². The highest BCUT2D eigenvalue weighted by Gasteiger charge is 2.25. The molecular weight excluding hydrogens is 244 g/mol. The van der Waals surface area contributed by atoms with Crippen LogP contribution in [0.15, 0.2) is 0 Å². The predicted octanol–water partition coefficient (Wildman–Crippen LogP) is 1.98. The molecule has 0 bridgehead atoms. The highest BCUT2D eigenvalue weighted by atomic mass is 32.2. The van der Waals surface area contributed by atoms with E-state index in [0.29, 0.717) is 11.8 Å². The monoisotopic (exact) mass is 270 g/mol.